The van der Waals surface area contributed by atoms with Crippen LogP contribution >= 0.6 is 0 Å². The SMILES string of the molecule is FC(F)(F)c1ccc(-c2nc(C3CCCN3)no2)cc1. The first-order valence-electron chi connectivity index (χ1n) is 6.28. The molecule has 2 heterocycles. The zero-order chi connectivity index (χ0) is 14.2. The van der Waals surface area contributed by atoms with E-state index in [-0.39, 0.29) is 11.9 Å². The fourth-order valence-electron chi connectivity index (χ4n) is 2.20. The Bertz CT molecular complexity index is 586. The van der Waals surface area contributed by atoms with Crippen molar-refractivity contribution in [2.24, 2.45) is 0 Å². The molecule has 1 aliphatic heterocycles. The summed E-state index contributed by atoms with van der Waals surface area (Å²) in [6.45, 7) is 0.912. The number of benzene rings is 1. The van der Waals surface area contributed by atoms with Gasteiger partial charge in [-0.3, -0.25) is 0 Å². The zero-order valence-electron chi connectivity index (χ0n) is 10.4. The van der Waals surface area contributed by atoms with E-state index in [1.165, 1.54) is 12.1 Å². The van der Waals surface area contributed by atoms with Crippen molar-refractivity contribution in [3.8, 4) is 11.5 Å². The Morgan fingerprint density at radius 2 is 1.95 bits per heavy atom. The van der Waals surface area contributed by atoms with Gasteiger partial charge in [0.1, 0.15) is 0 Å². The van der Waals surface area contributed by atoms with Gasteiger partial charge < -0.3 is 9.84 Å². The van der Waals surface area contributed by atoms with E-state index in [1.807, 2.05) is 0 Å². The molecule has 1 saturated heterocycles. The summed E-state index contributed by atoms with van der Waals surface area (Å²) in [4.78, 5) is 4.23. The molecule has 1 N–H and O–H groups in total. The van der Waals surface area contributed by atoms with Crippen molar-refractivity contribution in [2.75, 3.05) is 6.54 Å². The molecule has 0 bridgehead atoms. The molecule has 1 unspecified atom stereocenters. The number of halogens is 3. The first kappa shape index (κ1) is 13.1. The second-order valence-electron chi connectivity index (χ2n) is 4.68. The van der Waals surface area contributed by atoms with Crippen molar-refractivity contribution in [1.82, 2.24) is 15.5 Å². The second kappa shape index (κ2) is 4.90. The average molecular weight is 283 g/mol. The molecule has 106 valence electrons. The molecule has 7 heteroatoms. The molecule has 3 rings (SSSR count). The van der Waals surface area contributed by atoms with Gasteiger partial charge in [-0.15, -0.1) is 0 Å². The molecule has 1 atom stereocenters. The predicted octanol–water partition coefficient (Wildman–Crippen LogP) is 3.18. The van der Waals surface area contributed by atoms with Crippen molar-refractivity contribution < 1.29 is 17.7 Å². The lowest BCUT2D eigenvalue weighted by Gasteiger charge is -2.05. The molecular weight excluding hydrogens is 271 g/mol. The maximum Gasteiger partial charge on any atom is 0.416 e. The quantitative estimate of drug-likeness (QED) is 0.919. The number of nitrogens with zero attached hydrogens (tertiary/aromatic N) is 2. The van der Waals surface area contributed by atoms with Crippen LogP contribution < -0.4 is 5.32 Å². The molecule has 0 amide bonds. The second-order valence-corrected chi connectivity index (χ2v) is 4.68. The van der Waals surface area contributed by atoms with Crippen LogP contribution in [-0.4, -0.2) is 16.7 Å². The maximum absolute atomic E-state index is 12.5. The summed E-state index contributed by atoms with van der Waals surface area (Å²) in [7, 11) is 0. The molecular formula is C13H12F3N3O. The summed E-state index contributed by atoms with van der Waals surface area (Å²) in [6.07, 6.45) is -2.35. The van der Waals surface area contributed by atoms with Crippen LogP contribution in [0.15, 0.2) is 28.8 Å². The van der Waals surface area contributed by atoms with Crippen LogP contribution in [0.2, 0.25) is 0 Å². The number of aromatic nitrogens is 2. The number of alkyl halides is 3. The molecule has 1 aliphatic rings. The molecule has 1 aromatic heterocycles. The Morgan fingerprint density at radius 3 is 2.55 bits per heavy atom. The Labute approximate surface area is 113 Å². The van der Waals surface area contributed by atoms with Crippen molar-refractivity contribution in [3.63, 3.8) is 0 Å². The standard InChI is InChI=1S/C13H12F3N3O/c14-13(15,16)9-5-3-8(4-6-9)12-18-11(19-20-12)10-2-1-7-17-10/h3-6,10,17H,1-2,7H2. The average Bonchev–Trinajstić information content (AvgIpc) is 3.09. The molecule has 2 aromatic rings. The summed E-state index contributed by atoms with van der Waals surface area (Å²) in [5.41, 5.74) is -0.215. The van der Waals surface area contributed by atoms with Crippen LogP contribution in [0.5, 0.6) is 0 Å². The highest BCUT2D eigenvalue weighted by atomic mass is 19.4. The monoisotopic (exact) mass is 283 g/mol. The van der Waals surface area contributed by atoms with Crippen LogP contribution in [-0.2, 0) is 6.18 Å². The van der Waals surface area contributed by atoms with E-state index >= 15 is 0 Å². The number of hydrogen-bond acceptors (Lipinski definition) is 4. The van der Waals surface area contributed by atoms with Gasteiger partial charge in [-0.25, -0.2) is 0 Å². The lowest BCUT2D eigenvalue weighted by atomic mass is 10.1. The van der Waals surface area contributed by atoms with Gasteiger partial charge in [0.2, 0.25) is 0 Å². The third-order valence-electron chi connectivity index (χ3n) is 3.27. The van der Waals surface area contributed by atoms with Gasteiger partial charge in [0.25, 0.3) is 5.89 Å². The van der Waals surface area contributed by atoms with E-state index in [2.05, 4.69) is 15.5 Å². The molecule has 0 saturated carbocycles. The van der Waals surface area contributed by atoms with Crippen molar-refractivity contribution >= 4 is 0 Å². The molecule has 20 heavy (non-hydrogen) atoms. The van der Waals surface area contributed by atoms with E-state index in [0.717, 1.165) is 31.5 Å². The van der Waals surface area contributed by atoms with Gasteiger partial charge in [-0.1, -0.05) is 5.16 Å². The van der Waals surface area contributed by atoms with Gasteiger partial charge in [0, 0.05) is 5.56 Å². The van der Waals surface area contributed by atoms with Crippen LogP contribution in [0.3, 0.4) is 0 Å². The summed E-state index contributed by atoms with van der Waals surface area (Å²) >= 11 is 0. The lowest BCUT2D eigenvalue weighted by molar-refractivity contribution is -0.137. The highest BCUT2D eigenvalue weighted by molar-refractivity contribution is 5.53. The van der Waals surface area contributed by atoms with Crippen LogP contribution in [0.4, 0.5) is 13.2 Å². The van der Waals surface area contributed by atoms with Crippen LogP contribution in [0.1, 0.15) is 30.3 Å². The summed E-state index contributed by atoms with van der Waals surface area (Å²) in [5.74, 6) is 0.792. The van der Waals surface area contributed by atoms with Gasteiger partial charge in [-0.2, -0.15) is 18.2 Å². The topological polar surface area (TPSA) is 51.0 Å². The number of hydrogen-bond donors (Lipinski definition) is 1. The van der Waals surface area contributed by atoms with Gasteiger partial charge >= 0.3 is 6.18 Å². The summed E-state index contributed by atoms with van der Waals surface area (Å²) in [6, 6.07) is 4.76. The maximum atomic E-state index is 12.5. The normalized spacial score (nSPS) is 19.4. The van der Waals surface area contributed by atoms with E-state index in [0.29, 0.717) is 11.4 Å². The first-order valence-corrected chi connectivity index (χ1v) is 6.28. The largest absolute Gasteiger partial charge is 0.416 e. The van der Waals surface area contributed by atoms with Gasteiger partial charge in [-0.05, 0) is 43.7 Å². The predicted molar refractivity (Wildman–Crippen MR) is 64.7 cm³/mol. The van der Waals surface area contributed by atoms with Gasteiger partial charge in [0.15, 0.2) is 5.82 Å². The van der Waals surface area contributed by atoms with Crippen LogP contribution in [0.25, 0.3) is 11.5 Å². The van der Waals surface area contributed by atoms with Crippen molar-refractivity contribution in [2.45, 2.75) is 25.1 Å². The molecule has 4 nitrogen and oxygen atoms in total. The van der Waals surface area contributed by atoms with Crippen molar-refractivity contribution in [3.05, 3.63) is 35.7 Å². The Morgan fingerprint density at radius 1 is 1.20 bits per heavy atom. The number of nitrogens with one attached hydrogen (secondary N) is 1. The minimum absolute atomic E-state index is 0.0712. The Hall–Kier alpha value is -1.89. The van der Waals surface area contributed by atoms with E-state index in [4.69, 9.17) is 4.52 Å². The molecule has 1 aromatic carbocycles. The Balaban J connectivity index is 1.82. The van der Waals surface area contributed by atoms with E-state index in [9.17, 15) is 13.2 Å². The van der Waals surface area contributed by atoms with Gasteiger partial charge in [0.05, 0.1) is 11.6 Å². The molecule has 0 aliphatic carbocycles. The fraction of sp³-hybridized carbons (Fsp3) is 0.385. The molecule has 1 fully saturated rings. The minimum Gasteiger partial charge on any atom is -0.334 e. The number of rotatable bonds is 2. The Kier molecular flexibility index (Phi) is 3.21. The third kappa shape index (κ3) is 2.53. The third-order valence-corrected chi connectivity index (χ3v) is 3.27. The smallest absolute Gasteiger partial charge is 0.334 e. The van der Waals surface area contributed by atoms with E-state index in [1.54, 1.807) is 0 Å². The van der Waals surface area contributed by atoms with Crippen molar-refractivity contribution in [1.29, 1.82) is 0 Å². The zero-order valence-corrected chi connectivity index (χ0v) is 10.4. The first-order chi connectivity index (χ1) is 9.54. The van der Waals surface area contributed by atoms with E-state index < -0.39 is 11.7 Å². The summed E-state index contributed by atoms with van der Waals surface area (Å²) < 4.78 is 42.5. The highest BCUT2D eigenvalue weighted by Crippen LogP contribution is 2.31. The fourth-order valence-corrected chi connectivity index (χ4v) is 2.20. The molecule has 0 spiro atoms. The minimum atomic E-state index is -4.34. The highest BCUT2D eigenvalue weighted by Gasteiger charge is 2.30. The molecule has 0 radical (unpaired) electrons. The summed E-state index contributed by atoms with van der Waals surface area (Å²) in [5, 5.41) is 7.11. The lowest BCUT2D eigenvalue weighted by Crippen LogP contribution is -2.14. The van der Waals surface area contributed by atoms with Crippen LogP contribution in [0, 0.1) is 0 Å².